The maximum absolute atomic E-state index is 12.5. The van der Waals surface area contributed by atoms with Crippen molar-refractivity contribution in [3.05, 3.63) is 42.5 Å². The summed E-state index contributed by atoms with van der Waals surface area (Å²) < 4.78 is 4.93. The molecule has 1 aliphatic rings. The quantitative estimate of drug-likeness (QED) is 0.826. The van der Waals surface area contributed by atoms with Crippen molar-refractivity contribution < 1.29 is 19.4 Å². The van der Waals surface area contributed by atoms with Gasteiger partial charge in [0.05, 0.1) is 18.2 Å². The smallest absolute Gasteiger partial charge is 0.227 e. The van der Waals surface area contributed by atoms with E-state index in [0.717, 1.165) is 16.5 Å². The number of benzene rings is 2. The molecule has 6 nitrogen and oxygen atoms in total. The highest BCUT2D eigenvalue weighted by Crippen LogP contribution is 2.31. The maximum Gasteiger partial charge on any atom is 0.227 e. The van der Waals surface area contributed by atoms with Gasteiger partial charge in [0.1, 0.15) is 5.60 Å². The lowest BCUT2D eigenvalue weighted by molar-refractivity contribution is -0.127. The van der Waals surface area contributed by atoms with E-state index in [1.807, 2.05) is 42.5 Å². The fourth-order valence-corrected chi connectivity index (χ4v) is 3.34. The predicted octanol–water partition coefficient (Wildman–Crippen LogP) is 1.71. The van der Waals surface area contributed by atoms with Crippen LogP contribution in [0, 0.1) is 5.92 Å². The summed E-state index contributed by atoms with van der Waals surface area (Å²) in [5.41, 5.74) is -0.308. The Labute approximate surface area is 152 Å². The minimum absolute atomic E-state index is 0.0647. The summed E-state index contributed by atoms with van der Waals surface area (Å²) in [6, 6.07) is 13.7. The number of methoxy groups -OCH3 is 1. The average Bonchev–Trinajstić information content (AvgIpc) is 3.01. The molecule has 2 atom stereocenters. The maximum atomic E-state index is 12.5. The minimum Gasteiger partial charge on any atom is -0.386 e. The number of aliphatic hydroxyl groups is 1. The van der Waals surface area contributed by atoms with Crippen molar-refractivity contribution in [1.29, 1.82) is 0 Å². The van der Waals surface area contributed by atoms with Gasteiger partial charge in [-0.1, -0.05) is 36.4 Å². The Morgan fingerprint density at radius 3 is 2.81 bits per heavy atom. The summed E-state index contributed by atoms with van der Waals surface area (Å²) in [6.45, 7) is 2.14. The summed E-state index contributed by atoms with van der Waals surface area (Å²) in [7, 11) is 1.49. The summed E-state index contributed by atoms with van der Waals surface area (Å²) in [5.74, 6) is -0.720. The Balaban J connectivity index is 1.71. The zero-order valence-corrected chi connectivity index (χ0v) is 15.1. The second-order valence-corrected chi connectivity index (χ2v) is 7.05. The molecule has 3 rings (SSSR count). The van der Waals surface area contributed by atoms with Crippen LogP contribution in [0.5, 0.6) is 0 Å². The molecule has 6 heteroatoms. The minimum atomic E-state index is -1.14. The Bertz CT molecular complexity index is 813. The number of ether oxygens (including phenoxy) is 1. The van der Waals surface area contributed by atoms with Gasteiger partial charge in [0, 0.05) is 32.0 Å². The predicted molar refractivity (Wildman–Crippen MR) is 99.9 cm³/mol. The van der Waals surface area contributed by atoms with Gasteiger partial charge in [-0.3, -0.25) is 9.59 Å². The van der Waals surface area contributed by atoms with Gasteiger partial charge in [-0.25, -0.2) is 0 Å². The van der Waals surface area contributed by atoms with Crippen LogP contribution in [0.3, 0.4) is 0 Å². The van der Waals surface area contributed by atoms with E-state index in [0.29, 0.717) is 6.54 Å². The highest BCUT2D eigenvalue weighted by molar-refractivity contribution is 6.06. The van der Waals surface area contributed by atoms with Gasteiger partial charge in [0.2, 0.25) is 11.8 Å². The molecular weight excluding hydrogens is 332 g/mol. The number of hydrogen-bond acceptors (Lipinski definition) is 4. The first kappa shape index (κ1) is 18.4. The molecule has 2 aromatic rings. The van der Waals surface area contributed by atoms with Gasteiger partial charge in [-0.2, -0.15) is 0 Å². The molecule has 1 fully saturated rings. The number of amides is 2. The van der Waals surface area contributed by atoms with Gasteiger partial charge in [-0.15, -0.1) is 0 Å². The Hall–Kier alpha value is -2.44. The van der Waals surface area contributed by atoms with E-state index in [1.54, 1.807) is 11.8 Å². The van der Waals surface area contributed by atoms with Crippen molar-refractivity contribution >= 4 is 28.3 Å². The van der Waals surface area contributed by atoms with Crippen LogP contribution < -0.4 is 10.2 Å². The molecule has 1 aliphatic heterocycles. The number of fused-ring (bicyclic) bond motifs is 1. The first-order valence-electron chi connectivity index (χ1n) is 8.68. The van der Waals surface area contributed by atoms with Crippen LogP contribution in [0.2, 0.25) is 0 Å². The summed E-state index contributed by atoms with van der Waals surface area (Å²) in [4.78, 5) is 26.6. The average molecular weight is 356 g/mol. The summed E-state index contributed by atoms with van der Waals surface area (Å²) >= 11 is 0. The molecule has 0 spiro atoms. The molecule has 2 amide bonds. The lowest BCUT2D eigenvalue weighted by Crippen LogP contribution is -2.45. The molecule has 26 heavy (non-hydrogen) atoms. The van der Waals surface area contributed by atoms with E-state index in [4.69, 9.17) is 4.74 Å². The zero-order chi connectivity index (χ0) is 18.7. The lowest BCUT2D eigenvalue weighted by Gasteiger charge is -2.23. The highest BCUT2D eigenvalue weighted by Gasteiger charge is 2.36. The van der Waals surface area contributed by atoms with Crippen LogP contribution >= 0.6 is 0 Å². The Morgan fingerprint density at radius 2 is 2.04 bits per heavy atom. The fourth-order valence-electron chi connectivity index (χ4n) is 3.34. The highest BCUT2D eigenvalue weighted by atomic mass is 16.5. The number of nitrogens with one attached hydrogen (secondary N) is 1. The largest absolute Gasteiger partial charge is 0.386 e. The number of rotatable bonds is 6. The molecule has 0 unspecified atom stereocenters. The van der Waals surface area contributed by atoms with Crippen LogP contribution in [0.4, 0.5) is 5.69 Å². The lowest BCUT2D eigenvalue weighted by atomic mass is 10.1. The van der Waals surface area contributed by atoms with E-state index < -0.39 is 11.5 Å². The van der Waals surface area contributed by atoms with E-state index >= 15 is 0 Å². The van der Waals surface area contributed by atoms with E-state index in [9.17, 15) is 14.7 Å². The number of hydrogen-bond donors (Lipinski definition) is 2. The van der Waals surface area contributed by atoms with Crippen molar-refractivity contribution in [2.45, 2.75) is 18.9 Å². The monoisotopic (exact) mass is 356 g/mol. The van der Waals surface area contributed by atoms with Gasteiger partial charge >= 0.3 is 0 Å². The van der Waals surface area contributed by atoms with Crippen LogP contribution in [0.15, 0.2) is 42.5 Å². The van der Waals surface area contributed by atoms with Crippen molar-refractivity contribution in [2.24, 2.45) is 5.92 Å². The van der Waals surface area contributed by atoms with Crippen molar-refractivity contribution in [3.8, 4) is 0 Å². The molecule has 1 heterocycles. The molecule has 2 N–H and O–H groups in total. The topological polar surface area (TPSA) is 78.9 Å². The Morgan fingerprint density at radius 1 is 1.31 bits per heavy atom. The van der Waals surface area contributed by atoms with Crippen molar-refractivity contribution in [2.75, 3.05) is 31.7 Å². The molecule has 2 aromatic carbocycles. The normalized spacial score (nSPS) is 19.6. The van der Waals surface area contributed by atoms with Crippen LogP contribution in [0.1, 0.15) is 13.3 Å². The van der Waals surface area contributed by atoms with Crippen molar-refractivity contribution in [3.63, 3.8) is 0 Å². The van der Waals surface area contributed by atoms with E-state index in [2.05, 4.69) is 5.32 Å². The molecular formula is C20H24N2O4. The first-order valence-corrected chi connectivity index (χ1v) is 8.68. The Kier molecular flexibility index (Phi) is 5.25. The number of carbonyl (C=O) groups is 2. The number of nitrogens with zero attached hydrogens (tertiary/aromatic N) is 1. The fraction of sp³-hybridized carbons (Fsp3) is 0.400. The first-order chi connectivity index (χ1) is 12.4. The van der Waals surface area contributed by atoms with Gasteiger partial charge in [0.25, 0.3) is 0 Å². The van der Waals surface area contributed by atoms with Crippen LogP contribution in [-0.2, 0) is 14.3 Å². The number of carbonyl (C=O) groups excluding carboxylic acids is 2. The molecule has 0 saturated carbocycles. The number of anilines is 1. The van der Waals surface area contributed by atoms with Crippen LogP contribution in [-0.4, -0.2) is 49.3 Å². The second-order valence-electron chi connectivity index (χ2n) is 7.05. The third kappa shape index (κ3) is 3.86. The molecule has 0 aromatic heterocycles. The van der Waals surface area contributed by atoms with Gasteiger partial charge in [-0.05, 0) is 18.4 Å². The standard InChI is InChI=1S/C20H24N2O4/c1-20(25,13-26-2)12-21-19(24)15-10-18(23)22(11-15)17-9-5-7-14-6-3-4-8-16(14)17/h3-9,15,25H,10-13H2,1-2H3,(H,21,24)/t15-,20-/m0/s1. The molecule has 1 saturated heterocycles. The molecule has 0 aliphatic carbocycles. The van der Waals surface area contributed by atoms with E-state index in [1.165, 1.54) is 7.11 Å². The van der Waals surface area contributed by atoms with E-state index in [-0.39, 0.29) is 31.4 Å². The SMILES string of the molecule is COC[C@@](C)(O)CNC(=O)[C@H]1CC(=O)N(c2cccc3ccccc23)C1. The third-order valence-electron chi connectivity index (χ3n) is 4.65. The third-order valence-corrected chi connectivity index (χ3v) is 4.65. The molecule has 0 bridgehead atoms. The second kappa shape index (κ2) is 7.43. The molecule has 138 valence electrons. The molecule has 0 radical (unpaired) electrons. The summed E-state index contributed by atoms with van der Waals surface area (Å²) in [6.07, 6.45) is 0.168. The summed E-state index contributed by atoms with van der Waals surface area (Å²) in [5, 5.41) is 14.9. The van der Waals surface area contributed by atoms with Gasteiger partial charge < -0.3 is 20.1 Å². The van der Waals surface area contributed by atoms with Crippen molar-refractivity contribution in [1.82, 2.24) is 5.32 Å². The zero-order valence-electron chi connectivity index (χ0n) is 15.1. The van der Waals surface area contributed by atoms with Gasteiger partial charge in [0.15, 0.2) is 0 Å². The van der Waals surface area contributed by atoms with Crippen LogP contribution in [0.25, 0.3) is 10.8 Å².